The highest BCUT2D eigenvalue weighted by molar-refractivity contribution is 5.98. The number of carbonyl (C=O) groups is 3. The number of nitrogens with two attached hydrogens (primary N) is 1. The van der Waals surface area contributed by atoms with Crippen LogP contribution < -0.4 is 38.2 Å². The highest BCUT2D eigenvalue weighted by atomic mass is 16.4. The Bertz CT molecular complexity index is 1930. The van der Waals surface area contributed by atoms with Crippen molar-refractivity contribution in [3.8, 4) is 0 Å². The maximum atomic E-state index is 13.3. The van der Waals surface area contributed by atoms with E-state index in [-0.39, 0.29) is 47.0 Å². The van der Waals surface area contributed by atoms with Crippen molar-refractivity contribution in [2.24, 2.45) is 10.8 Å². The molecule has 2 aromatic carbocycles. The number of fused-ring (bicyclic) bond motifs is 4. The number of nitrogens with one attached hydrogen (secondary N) is 4. The number of aliphatic carboxylic acids is 1. The Balaban J connectivity index is 1.13. The minimum atomic E-state index is -0.749. The number of amides is 2. The molecule has 4 aromatic rings. The normalized spacial score (nSPS) is 20.9. The summed E-state index contributed by atoms with van der Waals surface area (Å²) in [5, 5.41) is 24.2. The highest BCUT2D eigenvalue weighted by Gasteiger charge is 2.52. The van der Waals surface area contributed by atoms with Crippen molar-refractivity contribution in [2.75, 3.05) is 17.6 Å². The Morgan fingerprint density at radius 1 is 0.932 bits per heavy atom. The average Bonchev–Trinajstić information content (AvgIpc) is 3.43. The lowest BCUT2D eigenvalue weighted by atomic mass is 9.53. The fourth-order valence-corrected chi connectivity index (χ4v) is 6.30. The molecule has 7 rings (SSSR count). The van der Waals surface area contributed by atoms with Gasteiger partial charge in [-0.05, 0) is 61.1 Å². The third kappa shape index (κ3) is 4.99. The van der Waals surface area contributed by atoms with Crippen molar-refractivity contribution in [1.82, 2.24) is 30.2 Å². The van der Waals surface area contributed by atoms with E-state index in [1.807, 2.05) is 0 Å². The van der Waals surface area contributed by atoms with Crippen LogP contribution in [-0.2, 0) is 17.9 Å². The third-order valence-corrected chi connectivity index (χ3v) is 9.19. The van der Waals surface area contributed by atoms with E-state index < -0.39 is 39.7 Å². The molecule has 3 saturated carbocycles. The molecular weight excluding hydrogens is 572 g/mol. The van der Waals surface area contributed by atoms with Crippen LogP contribution in [0.5, 0.6) is 0 Å². The molecule has 0 saturated heterocycles. The smallest absolute Gasteiger partial charge is 0.349 e. The van der Waals surface area contributed by atoms with Gasteiger partial charge in [0.25, 0.3) is 28.4 Å². The van der Waals surface area contributed by atoms with E-state index in [1.165, 1.54) is 6.07 Å². The monoisotopic (exact) mass is 602 g/mol. The first-order valence-corrected chi connectivity index (χ1v) is 14.2. The first-order chi connectivity index (χ1) is 21.0. The topological polar surface area (TPSA) is 231 Å². The van der Waals surface area contributed by atoms with Gasteiger partial charge in [0, 0.05) is 19.6 Å². The molecule has 2 heterocycles. The summed E-state index contributed by atoms with van der Waals surface area (Å²) in [6.07, 6.45) is 3.85. The summed E-state index contributed by atoms with van der Waals surface area (Å²) in [5.74, 6) is -2.06. The standard InChI is InChI=1S/C29H30N8O7/c30-19-20(22(39)21(19)38)31-12-15-2-1-3-16(10-15)13-32-24(41)18-11-17(34-26-35-36-27(44)37(18)26)23(40)33-14-28-4-7-29(8-5-28,9-6-28)25(42)43/h1-3,10-11,31H,4-9,12-14,30H2,(H,32,41)(H,33,40)(H,36,44)(H,42,43). The number of H-pyrrole nitrogens is 1. The van der Waals surface area contributed by atoms with Gasteiger partial charge in [-0.3, -0.25) is 24.0 Å². The molecule has 0 aliphatic heterocycles. The predicted octanol–water partition coefficient (Wildman–Crippen LogP) is 0.293. The van der Waals surface area contributed by atoms with Gasteiger partial charge in [0.2, 0.25) is 0 Å². The maximum Gasteiger partial charge on any atom is 0.349 e. The van der Waals surface area contributed by atoms with Gasteiger partial charge < -0.3 is 26.8 Å². The van der Waals surface area contributed by atoms with E-state index in [4.69, 9.17) is 5.73 Å². The zero-order valence-electron chi connectivity index (χ0n) is 23.6. The Morgan fingerprint density at radius 3 is 2.27 bits per heavy atom. The number of hydrogen-bond acceptors (Lipinski definition) is 10. The van der Waals surface area contributed by atoms with Gasteiger partial charge in [-0.25, -0.2) is 19.3 Å². The molecule has 228 valence electrons. The maximum absolute atomic E-state index is 13.3. The van der Waals surface area contributed by atoms with Crippen molar-refractivity contribution >= 4 is 34.9 Å². The van der Waals surface area contributed by atoms with Gasteiger partial charge in [-0.2, -0.15) is 0 Å². The van der Waals surface area contributed by atoms with Crippen LogP contribution in [-0.4, -0.2) is 49.0 Å². The number of carboxylic acids is 1. The van der Waals surface area contributed by atoms with Gasteiger partial charge in [-0.1, -0.05) is 24.3 Å². The minimum absolute atomic E-state index is 0.0766. The number of nitrogen functional groups attached to an aromatic ring is 1. The lowest BCUT2D eigenvalue weighted by Gasteiger charge is -2.51. The van der Waals surface area contributed by atoms with Crippen molar-refractivity contribution in [3.05, 3.63) is 83.8 Å². The van der Waals surface area contributed by atoms with Crippen LogP contribution in [0.3, 0.4) is 0 Å². The van der Waals surface area contributed by atoms with Crippen LogP contribution in [0.15, 0.2) is 44.7 Å². The number of carboxylic acid groups (broad SMARTS) is 1. The van der Waals surface area contributed by atoms with Crippen LogP contribution in [0.25, 0.3) is 5.78 Å². The fourth-order valence-electron chi connectivity index (χ4n) is 6.30. The molecule has 2 bridgehead atoms. The van der Waals surface area contributed by atoms with E-state index in [0.717, 1.165) is 9.96 Å². The second kappa shape index (κ2) is 10.7. The summed E-state index contributed by atoms with van der Waals surface area (Å²) in [5.41, 5.74) is 3.90. The molecule has 0 radical (unpaired) electrons. The van der Waals surface area contributed by atoms with Crippen molar-refractivity contribution in [2.45, 2.75) is 51.6 Å². The number of anilines is 2. The van der Waals surface area contributed by atoms with Crippen LogP contribution in [0.2, 0.25) is 0 Å². The molecule has 15 heteroatoms. The SMILES string of the molecule is Nc1c(NCc2cccc(CNC(=O)c3cc(C(=O)NCC45CCC(C(=O)O)(CC4)CC5)nc4n[nH]c(=O)n34)c2)c(=O)c1=O. The first-order valence-electron chi connectivity index (χ1n) is 14.2. The predicted molar refractivity (Wildman–Crippen MR) is 157 cm³/mol. The van der Waals surface area contributed by atoms with E-state index in [1.54, 1.807) is 24.3 Å². The average molecular weight is 603 g/mol. The second-order valence-corrected chi connectivity index (χ2v) is 11.8. The molecule has 3 aliphatic carbocycles. The molecule has 7 N–H and O–H groups in total. The van der Waals surface area contributed by atoms with E-state index in [0.29, 0.717) is 50.6 Å². The Morgan fingerprint density at radius 2 is 1.61 bits per heavy atom. The number of carbonyl (C=O) groups excluding carboxylic acids is 2. The minimum Gasteiger partial charge on any atom is -0.481 e. The van der Waals surface area contributed by atoms with Crippen LogP contribution in [0.4, 0.5) is 11.4 Å². The highest BCUT2D eigenvalue weighted by Crippen LogP contribution is 2.56. The summed E-state index contributed by atoms with van der Waals surface area (Å²) >= 11 is 0. The summed E-state index contributed by atoms with van der Waals surface area (Å²) < 4.78 is 0.980. The van der Waals surface area contributed by atoms with Gasteiger partial charge in [0.1, 0.15) is 22.8 Å². The lowest BCUT2D eigenvalue weighted by molar-refractivity contribution is -0.158. The summed E-state index contributed by atoms with van der Waals surface area (Å²) in [6.45, 7) is 0.655. The first kappa shape index (κ1) is 28.8. The number of rotatable bonds is 10. The molecule has 3 fully saturated rings. The van der Waals surface area contributed by atoms with Crippen LogP contribution in [0.1, 0.15) is 70.6 Å². The number of aromatic amines is 1. The molecule has 0 unspecified atom stereocenters. The van der Waals surface area contributed by atoms with E-state index >= 15 is 0 Å². The van der Waals surface area contributed by atoms with E-state index in [2.05, 4.69) is 31.1 Å². The van der Waals surface area contributed by atoms with Crippen molar-refractivity contribution in [1.29, 1.82) is 0 Å². The van der Waals surface area contributed by atoms with Gasteiger partial charge in [0.05, 0.1) is 5.41 Å². The summed E-state index contributed by atoms with van der Waals surface area (Å²) in [6, 6.07) is 8.36. The fraction of sp³-hybridized carbons (Fsp3) is 0.379. The molecule has 44 heavy (non-hydrogen) atoms. The third-order valence-electron chi connectivity index (χ3n) is 9.19. The molecular formula is C29H30N8O7. The summed E-state index contributed by atoms with van der Waals surface area (Å²) in [7, 11) is 0. The number of nitrogens with zero attached hydrogens (tertiary/aromatic N) is 3. The van der Waals surface area contributed by atoms with Crippen LogP contribution >= 0.6 is 0 Å². The number of aromatic nitrogens is 4. The number of hydrogen-bond donors (Lipinski definition) is 6. The molecule has 2 aromatic heterocycles. The van der Waals surface area contributed by atoms with Gasteiger partial charge in [-0.15, -0.1) is 5.10 Å². The Kier molecular flexibility index (Phi) is 7.02. The van der Waals surface area contributed by atoms with Crippen molar-refractivity contribution < 1.29 is 19.5 Å². The molecule has 2 amide bonds. The van der Waals surface area contributed by atoms with Gasteiger partial charge >= 0.3 is 11.7 Å². The largest absolute Gasteiger partial charge is 0.481 e. The quantitative estimate of drug-likeness (QED) is 0.135. The molecule has 3 aliphatic rings. The van der Waals surface area contributed by atoms with Gasteiger partial charge in [0.15, 0.2) is 0 Å². The zero-order chi connectivity index (χ0) is 31.2. The molecule has 0 spiro atoms. The Labute approximate surface area is 248 Å². The van der Waals surface area contributed by atoms with Crippen molar-refractivity contribution in [3.63, 3.8) is 0 Å². The zero-order valence-corrected chi connectivity index (χ0v) is 23.6. The number of benzene rings is 1. The lowest BCUT2D eigenvalue weighted by Crippen LogP contribution is -2.50. The second-order valence-electron chi connectivity index (χ2n) is 11.8. The van der Waals surface area contributed by atoms with Crippen LogP contribution in [0, 0.1) is 10.8 Å². The molecule has 0 atom stereocenters. The Hall–Kier alpha value is -5.34. The summed E-state index contributed by atoms with van der Waals surface area (Å²) in [4.78, 5) is 77.8. The van der Waals surface area contributed by atoms with E-state index in [9.17, 15) is 33.9 Å². The molecule has 15 nitrogen and oxygen atoms in total.